The molecule has 2 N–H and O–H groups in total. The minimum atomic E-state index is -0.709. The van der Waals surface area contributed by atoms with E-state index >= 15 is 0 Å². The van der Waals surface area contributed by atoms with Crippen molar-refractivity contribution in [3.8, 4) is 11.5 Å². The number of amides is 2. The van der Waals surface area contributed by atoms with Crippen molar-refractivity contribution in [2.24, 2.45) is 11.0 Å². The molecular formula is C25H33N3O4. The minimum absolute atomic E-state index is 0.166. The van der Waals surface area contributed by atoms with Gasteiger partial charge in [-0.1, -0.05) is 51.1 Å². The lowest BCUT2D eigenvalue weighted by Crippen LogP contribution is -2.47. The van der Waals surface area contributed by atoms with Crippen LogP contribution in [0, 0.1) is 12.8 Å². The highest BCUT2D eigenvalue weighted by atomic mass is 16.5. The summed E-state index contributed by atoms with van der Waals surface area (Å²) >= 11 is 0. The zero-order chi connectivity index (χ0) is 23.3. The van der Waals surface area contributed by atoms with Crippen molar-refractivity contribution >= 4 is 18.0 Å². The van der Waals surface area contributed by atoms with Crippen molar-refractivity contribution < 1.29 is 19.1 Å². The smallest absolute Gasteiger partial charge is 0.262 e. The Morgan fingerprint density at radius 3 is 2.59 bits per heavy atom. The lowest BCUT2D eigenvalue weighted by molar-refractivity contribution is -0.130. The van der Waals surface area contributed by atoms with E-state index in [9.17, 15) is 9.59 Å². The number of nitrogens with zero attached hydrogens (tertiary/aromatic N) is 1. The third-order valence-corrected chi connectivity index (χ3v) is 4.53. The molecule has 0 saturated heterocycles. The van der Waals surface area contributed by atoms with Crippen molar-refractivity contribution in [2.75, 3.05) is 13.2 Å². The SMILES string of the molecule is CCCOc1cccc(/C=N\NC(=O)[C@H](CC(C)C)NC(=O)COc2ccccc2C)c1. The second kappa shape index (κ2) is 13.1. The van der Waals surface area contributed by atoms with Crippen molar-refractivity contribution in [3.05, 3.63) is 59.7 Å². The molecule has 7 heteroatoms. The van der Waals surface area contributed by atoms with E-state index in [4.69, 9.17) is 9.47 Å². The summed E-state index contributed by atoms with van der Waals surface area (Å²) < 4.78 is 11.2. The summed E-state index contributed by atoms with van der Waals surface area (Å²) in [5, 5.41) is 6.79. The normalized spacial score (nSPS) is 11.9. The summed E-state index contributed by atoms with van der Waals surface area (Å²) in [6.07, 6.45) is 2.96. The number of hydrogen-bond donors (Lipinski definition) is 2. The van der Waals surface area contributed by atoms with Gasteiger partial charge in [-0.15, -0.1) is 0 Å². The number of aryl methyl sites for hydroxylation is 1. The third-order valence-electron chi connectivity index (χ3n) is 4.53. The number of carbonyl (C=O) groups excluding carboxylic acids is 2. The molecule has 2 amide bonds. The van der Waals surface area contributed by atoms with E-state index in [0.717, 1.165) is 23.3 Å². The van der Waals surface area contributed by atoms with Crippen LogP contribution in [0.1, 0.15) is 44.7 Å². The zero-order valence-electron chi connectivity index (χ0n) is 19.3. The fourth-order valence-corrected chi connectivity index (χ4v) is 2.95. The molecule has 0 aliphatic carbocycles. The van der Waals surface area contributed by atoms with E-state index < -0.39 is 6.04 Å². The van der Waals surface area contributed by atoms with Crippen LogP contribution in [0.5, 0.6) is 11.5 Å². The lowest BCUT2D eigenvalue weighted by atomic mass is 10.0. The van der Waals surface area contributed by atoms with Gasteiger partial charge in [-0.25, -0.2) is 5.43 Å². The van der Waals surface area contributed by atoms with E-state index in [2.05, 4.69) is 15.8 Å². The first kappa shape index (κ1) is 24.9. The van der Waals surface area contributed by atoms with Crippen LogP contribution < -0.4 is 20.2 Å². The summed E-state index contributed by atoms with van der Waals surface area (Å²) in [6.45, 7) is 8.40. The summed E-state index contributed by atoms with van der Waals surface area (Å²) in [5.41, 5.74) is 4.26. The van der Waals surface area contributed by atoms with Crippen LogP contribution in [0.4, 0.5) is 0 Å². The molecule has 0 saturated carbocycles. The molecule has 1 atom stereocenters. The number of hydrazone groups is 1. The van der Waals surface area contributed by atoms with Gasteiger partial charge in [-0.3, -0.25) is 9.59 Å². The quantitative estimate of drug-likeness (QED) is 0.388. The third kappa shape index (κ3) is 8.79. The number of carbonyl (C=O) groups is 2. The second-order valence-corrected chi connectivity index (χ2v) is 7.96. The molecule has 0 fully saturated rings. The lowest BCUT2D eigenvalue weighted by Gasteiger charge is -2.19. The Balaban J connectivity index is 1.92. The summed E-state index contributed by atoms with van der Waals surface area (Å²) in [5.74, 6) is 0.860. The number of para-hydroxylation sites is 1. The molecule has 0 aromatic heterocycles. The van der Waals surface area contributed by atoms with E-state index in [0.29, 0.717) is 18.8 Å². The van der Waals surface area contributed by atoms with Gasteiger partial charge >= 0.3 is 0 Å². The summed E-state index contributed by atoms with van der Waals surface area (Å²) in [7, 11) is 0. The molecule has 0 unspecified atom stereocenters. The molecule has 0 aliphatic rings. The van der Waals surface area contributed by atoms with Gasteiger partial charge in [-0.05, 0) is 55.0 Å². The van der Waals surface area contributed by atoms with Crippen LogP contribution in [0.15, 0.2) is 53.6 Å². The van der Waals surface area contributed by atoms with Gasteiger partial charge in [-0.2, -0.15) is 5.10 Å². The molecule has 172 valence electrons. The fourth-order valence-electron chi connectivity index (χ4n) is 2.95. The van der Waals surface area contributed by atoms with Gasteiger partial charge in [0.15, 0.2) is 6.61 Å². The van der Waals surface area contributed by atoms with Gasteiger partial charge in [0.1, 0.15) is 17.5 Å². The highest BCUT2D eigenvalue weighted by Gasteiger charge is 2.22. The Hall–Kier alpha value is -3.35. The summed E-state index contributed by atoms with van der Waals surface area (Å²) in [4.78, 5) is 25.0. The van der Waals surface area contributed by atoms with Gasteiger partial charge in [0.2, 0.25) is 0 Å². The van der Waals surface area contributed by atoms with Gasteiger partial charge in [0, 0.05) is 0 Å². The zero-order valence-corrected chi connectivity index (χ0v) is 19.3. The number of ether oxygens (including phenoxy) is 2. The van der Waals surface area contributed by atoms with Gasteiger partial charge < -0.3 is 14.8 Å². The van der Waals surface area contributed by atoms with Crippen LogP contribution >= 0.6 is 0 Å². The van der Waals surface area contributed by atoms with Crippen LogP contribution in [0.3, 0.4) is 0 Å². The van der Waals surface area contributed by atoms with E-state index in [-0.39, 0.29) is 24.3 Å². The molecular weight excluding hydrogens is 406 g/mol. The Labute approximate surface area is 190 Å². The predicted molar refractivity (Wildman–Crippen MR) is 126 cm³/mol. The maximum atomic E-state index is 12.6. The Kier molecular flexibility index (Phi) is 10.2. The van der Waals surface area contributed by atoms with Crippen LogP contribution in [-0.4, -0.2) is 37.3 Å². The number of rotatable bonds is 12. The van der Waals surface area contributed by atoms with E-state index in [1.807, 2.05) is 70.2 Å². The highest BCUT2D eigenvalue weighted by molar-refractivity contribution is 5.89. The second-order valence-electron chi connectivity index (χ2n) is 7.96. The van der Waals surface area contributed by atoms with Crippen LogP contribution in [-0.2, 0) is 9.59 Å². The Bertz CT molecular complexity index is 912. The average Bonchev–Trinajstić information content (AvgIpc) is 2.76. The number of hydrogen-bond acceptors (Lipinski definition) is 5. The van der Waals surface area contributed by atoms with Crippen LogP contribution in [0.25, 0.3) is 0 Å². The molecule has 2 aromatic carbocycles. The molecule has 0 radical (unpaired) electrons. The Morgan fingerprint density at radius 2 is 1.88 bits per heavy atom. The molecule has 7 nitrogen and oxygen atoms in total. The molecule has 2 aromatic rings. The first-order valence-electron chi connectivity index (χ1n) is 10.9. The van der Waals surface area contributed by atoms with E-state index in [1.54, 1.807) is 12.3 Å². The maximum absolute atomic E-state index is 12.6. The largest absolute Gasteiger partial charge is 0.494 e. The average molecular weight is 440 g/mol. The van der Waals surface area contributed by atoms with Crippen molar-refractivity contribution in [1.29, 1.82) is 0 Å². The van der Waals surface area contributed by atoms with Crippen molar-refractivity contribution in [2.45, 2.75) is 46.6 Å². The summed E-state index contributed by atoms with van der Waals surface area (Å²) in [6, 6.07) is 14.2. The van der Waals surface area contributed by atoms with Gasteiger partial charge in [0.25, 0.3) is 11.8 Å². The molecule has 0 heterocycles. The van der Waals surface area contributed by atoms with Crippen molar-refractivity contribution in [1.82, 2.24) is 10.7 Å². The predicted octanol–water partition coefficient (Wildman–Crippen LogP) is 3.84. The molecule has 0 spiro atoms. The maximum Gasteiger partial charge on any atom is 0.262 e. The van der Waals surface area contributed by atoms with Gasteiger partial charge in [0.05, 0.1) is 12.8 Å². The topological polar surface area (TPSA) is 89.0 Å². The molecule has 2 rings (SSSR count). The number of nitrogens with one attached hydrogen (secondary N) is 2. The standard InChI is InChI=1S/C25H33N3O4/c1-5-13-31-21-11-8-10-20(15-21)16-26-28-25(30)22(14-18(2)3)27-24(29)17-32-23-12-7-6-9-19(23)4/h6-12,15-16,18,22H,5,13-14,17H2,1-4H3,(H,27,29)(H,28,30)/b26-16-/t22-/m0/s1. The molecule has 0 bridgehead atoms. The van der Waals surface area contributed by atoms with Crippen LogP contribution in [0.2, 0.25) is 0 Å². The fraction of sp³-hybridized carbons (Fsp3) is 0.400. The monoisotopic (exact) mass is 439 g/mol. The first-order valence-corrected chi connectivity index (χ1v) is 10.9. The number of benzene rings is 2. The molecule has 32 heavy (non-hydrogen) atoms. The van der Waals surface area contributed by atoms with Crippen molar-refractivity contribution in [3.63, 3.8) is 0 Å². The first-order chi connectivity index (χ1) is 15.4. The van der Waals surface area contributed by atoms with E-state index in [1.165, 1.54) is 0 Å². The Morgan fingerprint density at radius 1 is 1.09 bits per heavy atom. The minimum Gasteiger partial charge on any atom is -0.494 e. The molecule has 0 aliphatic heterocycles. The highest BCUT2D eigenvalue weighted by Crippen LogP contribution is 2.16.